The number of para-hydroxylation sites is 1. The Bertz CT molecular complexity index is 512. The van der Waals surface area contributed by atoms with E-state index in [1.54, 1.807) is 29.6 Å². The number of carbonyl (C=O) groups excluding carboxylic acids is 1. The molecule has 0 saturated heterocycles. The lowest BCUT2D eigenvalue weighted by molar-refractivity contribution is -0.123. The van der Waals surface area contributed by atoms with Gasteiger partial charge in [0.1, 0.15) is 12.1 Å². The lowest BCUT2D eigenvalue weighted by Gasteiger charge is -2.06. The number of alkyl halides is 3. The summed E-state index contributed by atoms with van der Waals surface area (Å²) < 4.78 is 40.8. The Labute approximate surface area is 94.2 Å². The number of benzene rings is 1. The van der Waals surface area contributed by atoms with Gasteiger partial charge in [0, 0.05) is 5.39 Å². The Kier molecular flexibility index (Phi) is 2.79. The highest BCUT2D eigenvalue weighted by molar-refractivity contribution is 5.96. The summed E-state index contributed by atoms with van der Waals surface area (Å²) in [6, 6.07) is 8.20. The van der Waals surface area contributed by atoms with Crippen LogP contribution < -0.4 is 5.32 Å². The molecule has 2 aromatic rings. The molecule has 1 amide bonds. The van der Waals surface area contributed by atoms with Gasteiger partial charge in [-0.05, 0) is 12.1 Å². The number of rotatable bonds is 2. The summed E-state index contributed by atoms with van der Waals surface area (Å²) in [6.45, 7) is -1.37. The first-order valence-corrected chi connectivity index (χ1v) is 4.79. The molecule has 90 valence electrons. The zero-order chi connectivity index (χ0) is 12.5. The SMILES string of the molecule is O=C(NCC(F)(F)F)c1cc2ccccc2o1. The molecule has 0 aliphatic carbocycles. The molecule has 3 nitrogen and oxygen atoms in total. The van der Waals surface area contributed by atoms with Gasteiger partial charge >= 0.3 is 6.18 Å². The highest BCUT2D eigenvalue weighted by Crippen LogP contribution is 2.19. The standard InChI is InChI=1S/C11H8F3NO2/c12-11(13,14)6-15-10(16)9-5-7-3-1-2-4-8(7)17-9/h1-5H,6H2,(H,15,16). The third kappa shape index (κ3) is 2.77. The van der Waals surface area contributed by atoms with E-state index in [4.69, 9.17) is 4.42 Å². The molecular formula is C11H8F3NO2. The van der Waals surface area contributed by atoms with E-state index in [0.29, 0.717) is 11.0 Å². The number of hydrogen-bond acceptors (Lipinski definition) is 2. The number of nitrogens with one attached hydrogen (secondary N) is 1. The number of amides is 1. The third-order valence-electron chi connectivity index (χ3n) is 2.10. The maximum atomic E-state index is 11.9. The van der Waals surface area contributed by atoms with Crippen LogP contribution in [0.15, 0.2) is 34.7 Å². The van der Waals surface area contributed by atoms with Crippen LogP contribution in [0.5, 0.6) is 0 Å². The lowest BCUT2D eigenvalue weighted by Crippen LogP contribution is -2.33. The topological polar surface area (TPSA) is 42.2 Å². The van der Waals surface area contributed by atoms with Crippen molar-refractivity contribution in [1.82, 2.24) is 5.32 Å². The first kappa shape index (κ1) is 11.5. The number of fused-ring (bicyclic) bond motifs is 1. The minimum absolute atomic E-state index is 0.129. The van der Waals surface area contributed by atoms with Crippen LogP contribution in [0.3, 0.4) is 0 Å². The van der Waals surface area contributed by atoms with E-state index >= 15 is 0 Å². The Morgan fingerprint density at radius 1 is 1.29 bits per heavy atom. The van der Waals surface area contributed by atoms with Gasteiger partial charge in [0.15, 0.2) is 5.76 Å². The highest BCUT2D eigenvalue weighted by Gasteiger charge is 2.28. The molecule has 0 atom stereocenters. The van der Waals surface area contributed by atoms with Gasteiger partial charge in [0.05, 0.1) is 0 Å². The van der Waals surface area contributed by atoms with Crippen LogP contribution in [0.1, 0.15) is 10.6 Å². The summed E-state index contributed by atoms with van der Waals surface area (Å²) in [5.41, 5.74) is 0.463. The predicted octanol–water partition coefficient (Wildman–Crippen LogP) is 2.72. The summed E-state index contributed by atoms with van der Waals surface area (Å²) in [4.78, 5) is 11.4. The molecule has 1 N–H and O–H groups in total. The van der Waals surface area contributed by atoms with Crippen LogP contribution in [0.4, 0.5) is 13.2 Å². The van der Waals surface area contributed by atoms with E-state index in [1.807, 2.05) is 0 Å². The molecule has 2 rings (SSSR count). The van der Waals surface area contributed by atoms with Crippen molar-refractivity contribution in [2.75, 3.05) is 6.54 Å². The van der Waals surface area contributed by atoms with Gasteiger partial charge in [-0.3, -0.25) is 4.79 Å². The Morgan fingerprint density at radius 3 is 2.65 bits per heavy atom. The monoisotopic (exact) mass is 243 g/mol. The second-order valence-electron chi connectivity index (χ2n) is 3.45. The van der Waals surface area contributed by atoms with Crippen molar-refractivity contribution in [2.24, 2.45) is 0 Å². The highest BCUT2D eigenvalue weighted by atomic mass is 19.4. The predicted molar refractivity (Wildman–Crippen MR) is 54.6 cm³/mol. The second-order valence-corrected chi connectivity index (χ2v) is 3.45. The van der Waals surface area contributed by atoms with Crippen LogP contribution in [0.2, 0.25) is 0 Å². The maximum absolute atomic E-state index is 11.9. The summed E-state index contributed by atoms with van der Waals surface area (Å²) in [5.74, 6) is -1.01. The van der Waals surface area contributed by atoms with Crippen molar-refractivity contribution in [2.45, 2.75) is 6.18 Å². The molecule has 0 unspecified atom stereocenters. The normalized spacial score (nSPS) is 11.7. The van der Waals surface area contributed by atoms with Crippen LogP contribution in [0.25, 0.3) is 11.0 Å². The zero-order valence-corrected chi connectivity index (χ0v) is 8.54. The lowest BCUT2D eigenvalue weighted by atomic mass is 10.2. The molecule has 1 aromatic carbocycles. The molecule has 0 spiro atoms. The van der Waals surface area contributed by atoms with Crippen molar-refractivity contribution in [1.29, 1.82) is 0 Å². The minimum atomic E-state index is -4.43. The fourth-order valence-corrected chi connectivity index (χ4v) is 1.36. The van der Waals surface area contributed by atoms with E-state index in [9.17, 15) is 18.0 Å². The smallest absolute Gasteiger partial charge is 0.405 e. The first-order valence-electron chi connectivity index (χ1n) is 4.79. The summed E-state index contributed by atoms with van der Waals surface area (Å²) >= 11 is 0. The van der Waals surface area contributed by atoms with Crippen LogP contribution in [-0.4, -0.2) is 18.6 Å². The van der Waals surface area contributed by atoms with Gasteiger partial charge in [-0.15, -0.1) is 0 Å². The van der Waals surface area contributed by atoms with Crippen molar-refractivity contribution < 1.29 is 22.4 Å². The third-order valence-corrected chi connectivity index (χ3v) is 2.10. The van der Waals surface area contributed by atoms with Crippen molar-refractivity contribution in [3.8, 4) is 0 Å². The quantitative estimate of drug-likeness (QED) is 0.881. The van der Waals surface area contributed by atoms with Gasteiger partial charge in [-0.1, -0.05) is 18.2 Å². The fraction of sp³-hybridized carbons (Fsp3) is 0.182. The van der Waals surface area contributed by atoms with E-state index in [-0.39, 0.29) is 5.76 Å². The van der Waals surface area contributed by atoms with Gasteiger partial charge < -0.3 is 9.73 Å². The Morgan fingerprint density at radius 2 is 2.00 bits per heavy atom. The van der Waals surface area contributed by atoms with Crippen LogP contribution in [-0.2, 0) is 0 Å². The molecule has 0 saturated carbocycles. The first-order chi connectivity index (χ1) is 7.96. The van der Waals surface area contributed by atoms with E-state index in [0.717, 1.165) is 0 Å². The minimum Gasteiger partial charge on any atom is -0.451 e. The molecule has 0 fully saturated rings. The summed E-state index contributed by atoms with van der Waals surface area (Å²) in [5, 5.41) is 2.41. The molecular weight excluding hydrogens is 235 g/mol. The second kappa shape index (κ2) is 4.12. The molecule has 1 heterocycles. The molecule has 0 bridgehead atoms. The van der Waals surface area contributed by atoms with Crippen LogP contribution >= 0.6 is 0 Å². The molecule has 1 aromatic heterocycles. The maximum Gasteiger partial charge on any atom is 0.405 e. The molecule has 6 heteroatoms. The van der Waals surface area contributed by atoms with Crippen molar-refractivity contribution in [3.63, 3.8) is 0 Å². The molecule has 0 aliphatic heterocycles. The average molecular weight is 243 g/mol. The number of hydrogen-bond donors (Lipinski definition) is 1. The number of halogens is 3. The molecule has 0 radical (unpaired) electrons. The molecule has 17 heavy (non-hydrogen) atoms. The zero-order valence-electron chi connectivity index (χ0n) is 8.54. The van der Waals surface area contributed by atoms with E-state index in [1.165, 1.54) is 6.07 Å². The molecule has 0 aliphatic rings. The Hall–Kier alpha value is -1.98. The van der Waals surface area contributed by atoms with Gasteiger partial charge in [0.25, 0.3) is 5.91 Å². The summed E-state index contributed by atoms with van der Waals surface area (Å²) in [7, 11) is 0. The number of furan rings is 1. The van der Waals surface area contributed by atoms with Crippen molar-refractivity contribution in [3.05, 3.63) is 36.1 Å². The summed E-state index contributed by atoms with van der Waals surface area (Å²) in [6.07, 6.45) is -4.43. The number of carbonyl (C=O) groups is 1. The van der Waals surface area contributed by atoms with E-state index in [2.05, 4.69) is 0 Å². The van der Waals surface area contributed by atoms with E-state index < -0.39 is 18.6 Å². The van der Waals surface area contributed by atoms with Gasteiger partial charge in [0.2, 0.25) is 0 Å². The van der Waals surface area contributed by atoms with Crippen LogP contribution in [0, 0.1) is 0 Å². The Balaban J connectivity index is 2.14. The fourth-order valence-electron chi connectivity index (χ4n) is 1.36. The van der Waals surface area contributed by atoms with Gasteiger partial charge in [-0.25, -0.2) is 0 Å². The van der Waals surface area contributed by atoms with Gasteiger partial charge in [-0.2, -0.15) is 13.2 Å². The average Bonchev–Trinajstić information content (AvgIpc) is 2.68. The van der Waals surface area contributed by atoms with Crippen molar-refractivity contribution >= 4 is 16.9 Å². The largest absolute Gasteiger partial charge is 0.451 e.